The zero-order valence-electron chi connectivity index (χ0n) is 10.4. The van der Waals surface area contributed by atoms with Crippen LogP contribution in [-0.2, 0) is 0 Å². The fourth-order valence-corrected chi connectivity index (χ4v) is 3.40. The van der Waals surface area contributed by atoms with Crippen molar-refractivity contribution in [2.75, 3.05) is 4.43 Å². The van der Waals surface area contributed by atoms with E-state index < -0.39 is 0 Å². The van der Waals surface area contributed by atoms with Crippen LogP contribution < -0.4 is 0 Å². The topological polar surface area (TPSA) is 0 Å². The summed E-state index contributed by atoms with van der Waals surface area (Å²) in [5.41, 5.74) is 4.99. The van der Waals surface area contributed by atoms with Crippen LogP contribution in [0, 0.1) is 5.41 Å². The van der Waals surface area contributed by atoms with Crippen LogP contribution in [0.25, 0.3) is 5.57 Å². The van der Waals surface area contributed by atoms with Crippen molar-refractivity contribution in [3.63, 3.8) is 0 Å². The van der Waals surface area contributed by atoms with Gasteiger partial charge in [0.05, 0.1) is 0 Å². The lowest BCUT2D eigenvalue weighted by Gasteiger charge is -2.33. The van der Waals surface area contributed by atoms with Gasteiger partial charge in [-0.2, -0.15) is 0 Å². The Bertz CT molecular complexity index is 429. The first-order valence-electron chi connectivity index (χ1n) is 6.05. The molecule has 0 atom stereocenters. The Morgan fingerprint density at radius 1 is 1.24 bits per heavy atom. The zero-order valence-corrected chi connectivity index (χ0v) is 13.3. The molecule has 1 aromatic rings. The number of rotatable bonds is 2. The highest BCUT2D eigenvalue weighted by molar-refractivity contribution is 14.1. The first-order chi connectivity index (χ1) is 8.02. The number of allylic oxidation sites excluding steroid dienone is 2. The molecule has 17 heavy (non-hydrogen) atoms. The summed E-state index contributed by atoms with van der Waals surface area (Å²) in [6.45, 7) is 4.75. The van der Waals surface area contributed by atoms with Gasteiger partial charge in [-0.1, -0.05) is 65.7 Å². The maximum atomic E-state index is 5.95. The molecule has 1 aliphatic carbocycles. The Hall–Kier alpha value is -0.0200. The van der Waals surface area contributed by atoms with E-state index in [1.807, 2.05) is 12.1 Å². The smallest absolute Gasteiger partial charge is 0.0406 e. The SMILES string of the molecule is CC1(C)CCC(c2ccc(Cl)cc2)=C(CI)C1. The Morgan fingerprint density at radius 2 is 1.88 bits per heavy atom. The second-order valence-corrected chi connectivity index (χ2v) is 6.76. The van der Waals surface area contributed by atoms with Gasteiger partial charge in [-0.25, -0.2) is 0 Å². The lowest BCUT2D eigenvalue weighted by Crippen LogP contribution is -2.18. The summed E-state index contributed by atoms with van der Waals surface area (Å²) in [5, 5.41) is 0.821. The van der Waals surface area contributed by atoms with Crippen molar-refractivity contribution in [1.29, 1.82) is 0 Å². The minimum Gasteiger partial charge on any atom is -0.0843 e. The molecule has 92 valence electrons. The monoisotopic (exact) mass is 360 g/mol. The number of hydrogen-bond acceptors (Lipinski definition) is 0. The van der Waals surface area contributed by atoms with E-state index in [1.165, 1.54) is 24.8 Å². The molecular weight excluding hydrogens is 343 g/mol. The average molecular weight is 361 g/mol. The van der Waals surface area contributed by atoms with E-state index in [1.54, 1.807) is 11.1 Å². The van der Waals surface area contributed by atoms with Crippen molar-refractivity contribution in [2.45, 2.75) is 33.1 Å². The van der Waals surface area contributed by atoms with Crippen LogP contribution in [0.4, 0.5) is 0 Å². The lowest BCUT2D eigenvalue weighted by atomic mass is 9.73. The summed E-state index contributed by atoms with van der Waals surface area (Å²) in [5.74, 6) is 0. The van der Waals surface area contributed by atoms with E-state index in [4.69, 9.17) is 11.6 Å². The number of hydrogen-bond donors (Lipinski definition) is 0. The van der Waals surface area contributed by atoms with Gasteiger partial charge in [0, 0.05) is 9.45 Å². The molecule has 0 fully saturated rings. The van der Waals surface area contributed by atoms with Gasteiger partial charge in [-0.3, -0.25) is 0 Å². The Morgan fingerprint density at radius 3 is 2.47 bits per heavy atom. The molecule has 2 heteroatoms. The second-order valence-electron chi connectivity index (χ2n) is 5.56. The average Bonchev–Trinajstić information content (AvgIpc) is 2.29. The summed E-state index contributed by atoms with van der Waals surface area (Å²) in [6, 6.07) is 8.30. The molecule has 1 aliphatic rings. The fourth-order valence-electron chi connectivity index (χ4n) is 2.54. The molecule has 0 saturated carbocycles. The molecule has 0 saturated heterocycles. The molecule has 0 N–H and O–H groups in total. The lowest BCUT2D eigenvalue weighted by molar-refractivity contribution is 0.326. The molecule has 0 radical (unpaired) electrons. The summed E-state index contributed by atoms with van der Waals surface area (Å²) < 4.78 is 1.14. The molecule has 0 spiro atoms. The van der Waals surface area contributed by atoms with Crippen LogP contribution >= 0.6 is 34.2 Å². The molecule has 0 heterocycles. The van der Waals surface area contributed by atoms with Gasteiger partial charge >= 0.3 is 0 Å². The first kappa shape index (κ1) is 13.4. The first-order valence-corrected chi connectivity index (χ1v) is 7.95. The third-order valence-corrected chi connectivity index (χ3v) is 4.70. The molecule has 0 bridgehead atoms. The Kier molecular flexibility index (Phi) is 4.19. The highest BCUT2D eigenvalue weighted by Crippen LogP contribution is 2.42. The molecule has 0 aromatic heterocycles. The predicted molar refractivity (Wildman–Crippen MR) is 84.9 cm³/mol. The molecule has 1 aromatic carbocycles. The van der Waals surface area contributed by atoms with Crippen LogP contribution in [0.15, 0.2) is 29.8 Å². The van der Waals surface area contributed by atoms with Crippen molar-refractivity contribution >= 4 is 39.8 Å². The van der Waals surface area contributed by atoms with Crippen LogP contribution in [0.3, 0.4) is 0 Å². The summed E-state index contributed by atoms with van der Waals surface area (Å²) in [4.78, 5) is 0. The molecular formula is C15H18ClI. The number of halogens is 2. The largest absolute Gasteiger partial charge is 0.0843 e. The standard InChI is InChI=1S/C15H18ClI/c1-15(2)8-7-14(12(9-15)10-17)11-3-5-13(16)6-4-11/h3-6H,7-10H2,1-2H3. The van der Waals surface area contributed by atoms with Gasteiger partial charge < -0.3 is 0 Å². The van der Waals surface area contributed by atoms with E-state index in [-0.39, 0.29) is 0 Å². The van der Waals surface area contributed by atoms with Crippen LogP contribution in [-0.4, -0.2) is 4.43 Å². The summed E-state index contributed by atoms with van der Waals surface area (Å²) >= 11 is 8.44. The third kappa shape index (κ3) is 3.25. The van der Waals surface area contributed by atoms with Crippen LogP contribution in [0.2, 0.25) is 5.02 Å². The maximum Gasteiger partial charge on any atom is 0.0406 e. The molecule has 0 unspecified atom stereocenters. The molecule has 2 rings (SSSR count). The van der Waals surface area contributed by atoms with Gasteiger partial charge in [-0.05, 0) is 47.9 Å². The highest BCUT2D eigenvalue weighted by atomic mass is 127. The van der Waals surface area contributed by atoms with Crippen molar-refractivity contribution in [3.05, 3.63) is 40.4 Å². The zero-order chi connectivity index (χ0) is 12.5. The van der Waals surface area contributed by atoms with Gasteiger partial charge in [0.2, 0.25) is 0 Å². The van der Waals surface area contributed by atoms with E-state index >= 15 is 0 Å². The van der Waals surface area contributed by atoms with Crippen LogP contribution in [0.5, 0.6) is 0 Å². The number of alkyl halides is 1. The molecule has 0 amide bonds. The van der Waals surface area contributed by atoms with E-state index in [9.17, 15) is 0 Å². The van der Waals surface area contributed by atoms with Crippen molar-refractivity contribution in [3.8, 4) is 0 Å². The Labute approximate surface area is 123 Å². The fraction of sp³-hybridized carbons (Fsp3) is 0.467. The second kappa shape index (κ2) is 5.31. The van der Waals surface area contributed by atoms with Gasteiger partial charge in [0.15, 0.2) is 0 Å². The van der Waals surface area contributed by atoms with E-state index in [2.05, 4.69) is 48.6 Å². The molecule has 0 aliphatic heterocycles. The normalized spacial score (nSPS) is 19.5. The van der Waals surface area contributed by atoms with E-state index in [0.29, 0.717) is 5.41 Å². The summed E-state index contributed by atoms with van der Waals surface area (Å²) in [7, 11) is 0. The maximum absolute atomic E-state index is 5.95. The minimum absolute atomic E-state index is 0.469. The van der Waals surface area contributed by atoms with Crippen molar-refractivity contribution in [1.82, 2.24) is 0 Å². The minimum atomic E-state index is 0.469. The predicted octanol–water partition coefficient (Wildman–Crippen LogP) is 5.74. The third-order valence-electron chi connectivity index (χ3n) is 3.52. The van der Waals surface area contributed by atoms with Crippen molar-refractivity contribution < 1.29 is 0 Å². The molecule has 0 nitrogen and oxygen atoms in total. The van der Waals surface area contributed by atoms with Gasteiger partial charge in [0.25, 0.3) is 0 Å². The quantitative estimate of drug-likeness (QED) is 0.466. The van der Waals surface area contributed by atoms with Gasteiger partial charge in [-0.15, -0.1) is 0 Å². The Balaban J connectivity index is 2.36. The number of benzene rings is 1. The van der Waals surface area contributed by atoms with Crippen LogP contribution in [0.1, 0.15) is 38.7 Å². The van der Waals surface area contributed by atoms with E-state index in [0.717, 1.165) is 9.45 Å². The van der Waals surface area contributed by atoms with Gasteiger partial charge in [0.1, 0.15) is 0 Å². The van der Waals surface area contributed by atoms with Crippen molar-refractivity contribution in [2.24, 2.45) is 5.41 Å². The summed E-state index contributed by atoms with van der Waals surface area (Å²) in [6.07, 6.45) is 3.71. The highest BCUT2D eigenvalue weighted by Gasteiger charge is 2.26.